The van der Waals surface area contributed by atoms with E-state index in [9.17, 15) is 9.00 Å². The maximum absolute atomic E-state index is 12.3. The molecule has 0 amide bonds. The fourth-order valence-electron chi connectivity index (χ4n) is 2.47. The fraction of sp³-hybridized carbons (Fsp3) is 0.533. The summed E-state index contributed by atoms with van der Waals surface area (Å²) in [6.45, 7) is 3.80. The quantitative estimate of drug-likeness (QED) is 0.782. The van der Waals surface area contributed by atoms with Crippen molar-refractivity contribution in [1.82, 2.24) is 0 Å². The van der Waals surface area contributed by atoms with E-state index in [2.05, 4.69) is 0 Å². The SMILES string of the molecule is Cc1ccc(C(=O)C(C)S(=O)C2CCCC2)cc1. The molecule has 0 saturated heterocycles. The minimum absolute atomic E-state index is 0.0141. The van der Waals surface area contributed by atoms with Crippen molar-refractivity contribution < 1.29 is 9.00 Å². The summed E-state index contributed by atoms with van der Waals surface area (Å²) < 4.78 is 12.3. The fourth-order valence-corrected chi connectivity index (χ4v) is 4.19. The lowest BCUT2D eigenvalue weighted by Crippen LogP contribution is -2.29. The second-order valence-electron chi connectivity index (χ2n) is 5.11. The van der Waals surface area contributed by atoms with E-state index in [0.717, 1.165) is 31.2 Å². The summed E-state index contributed by atoms with van der Waals surface area (Å²) in [5, 5.41) is -0.148. The van der Waals surface area contributed by atoms with Gasteiger partial charge < -0.3 is 0 Å². The third-order valence-corrected chi connectivity index (χ3v) is 5.72. The van der Waals surface area contributed by atoms with Gasteiger partial charge in [0.1, 0.15) is 0 Å². The van der Waals surface area contributed by atoms with E-state index in [1.54, 1.807) is 6.92 Å². The molecule has 0 bridgehead atoms. The summed E-state index contributed by atoms with van der Waals surface area (Å²) >= 11 is 0. The maximum Gasteiger partial charge on any atom is 0.178 e. The normalized spacial score (nSPS) is 19.7. The van der Waals surface area contributed by atoms with Crippen LogP contribution in [-0.4, -0.2) is 20.5 Å². The number of carbonyl (C=O) groups excluding carboxylic acids is 1. The molecule has 0 aliphatic heterocycles. The first-order chi connectivity index (χ1) is 8.59. The second-order valence-corrected chi connectivity index (χ2v) is 7.14. The molecule has 1 aromatic carbocycles. The van der Waals surface area contributed by atoms with Crippen LogP contribution in [0.25, 0.3) is 0 Å². The lowest BCUT2D eigenvalue weighted by molar-refractivity contribution is 0.0992. The van der Waals surface area contributed by atoms with Crippen molar-refractivity contribution in [3.8, 4) is 0 Å². The molecule has 2 unspecified atom stereocenters. The molecule has 18 heavy (non-hydrogen) atoms. The van der Waals surface area contributed by atoms with E-state index in [4.69, 9.17) is 0 Å². The Bertz CT molecular complexity index is 444. The van der Waals surface area contributed by atoms with Crippen molar-refractivity contribution in [2.75, 3.05) is 0 Å². The number of benzene rings is 1. The summed E-state index contributed by atoms with van der Waals surface area (Å²) in [6.07, 6.45) is 4.33. The highest BCUT2D eigenvalue weighted by molar-refractivity contribution is 7.87. The predicted molar refractivity (Wildman–Crippen MR) is 75.4 cm³/mol. The van der Waals surface area contributed by atoms with Crippen LogP contribution in [0, 0.1) is 6.92 Å². The number of rotatable bonds is 4. The van der Waals surface area contributed by atoms with Crippen LogP contribution in [0.2, 0.25) is 0 Å². The molecule has 2 rings (SSSR count). The van der Waals surface area contributed by atoms with Crippen LogP contribution < -0.4 is 0 Å². The van der Waals surface area contributed by atoms with Gasteiger partial charge in [-0.2, -0.15) is 0 Å². The number of carbonyl (C=O) groups is 1. The van der Waals surface area contributed by atoms with E-state index < -0.39 is 10.8 Å². The summed E-state index contributed by atoms with van der Waals surface area (Å²) in [4.78, 5) is 12.3. The van der Waals surface area contributed by atoms with Gasteiger partial charge >= 0.3 is 0 Å². The molecule has 0 heterocycles. The molecule has 3 heteroatoms. The zero-order valence-corrected chi connectivity index (χ0v) is 11.8. The van der Waals surface area contributed by atoms with Crippen LogP contribution >= 0.6 is 0 Å². The molecule has 1 fully saturated rings. The monoisotopic (exact) mass is 264 g/mol. The molecular weight excluding hydrogens is 244 g/mol. The van der Waals surface area contributed by atoms with Crippen molar-refractivity contribution in [2.24, 2.45) is 0 Å². The Morgan fingerprint density at radius 1 is 1.22 bits per heavy atom. The average Bonchev–Trinajstić information content (AvgIpc) is 2.91. The van der Waals surface area contributed by atoms with Crippen LogP contribution in [0.3, 0.4) is 0 Å². The number of Topliss-reactive ketones (excluding diaryl/α,β-unsaturated/α-hetero) is 1. The minimum atomic E-state index is -1.03. The van der Waals surface area contributed by atoms with Crippen LogP contribution in [0.15, 0.2) is 24.3 Å². The highest BCUT2D eigenvalue weighted by Crippen LogP contribution is 2.25. The van der Waals surface area contributed by atoms with Crippen molar-refractivity contribution in [3.05, 3.63) is 35.4 Å². The standard InChI is InChI=1S/C15H20O2S/c1-11-7-9-13(10-8-11)15(16)12(2)18(17)14-5-3-4-6-14/h7-10,12,14H,3-6H2,1-2H3. The van der Waals surface area contributed by atoms with Crippen molar-refractivity contribution in [2.45, 2.75) is 50.0 Å². The maximum atomic E-state index is 12.3. The summed E-state index contributed by atoms with van der Waals surface area (Å²) in [5.74, 6) is 0.0141. The molecule has 0 N–H and O–H groups in total. The van der Waals surface area contributed by atoms with Crippen LogP contribution in [0.1, 0.15) is 48.5 Å². The largest absolute Gasteiger partial charge is 0.293 e. The molecule has 1 saturated carbocycles. The Morgan fingerprint density at radius 2 is 1.78 bits per heavy atom. The summed E-state index contributed by atoms with van der Waals surface area (Å²) in [5.41, 5.74) is 1.82. The molecular formula is C15H20O2S. The van der Waals surface area contributed by atoms with Gasteiger partial charge in [-0.3, -0.25) is 9.00 Å². The second kappa shape index (κ2) is 5.79. The molecule has 0 spiro atoms. The van der Waals surface area contributed by atoms with Gasteiger partial charge in [0.05, 0.1) is 5.25 Å². The van der Waals surface area contributed by atoms with E-state index in [0.29, 0.717) is 5.56 Å². The van der Waals surface area contributed by atoms with Gasteiger partial charge in [-0.05, 0) is 26.7 Å². The third kappa shape index (κ3) is 2.89. The molecule has 1 aliphatic carbocycles. The Labute approximate surface area is 111 Å². The first kappa shape index (κ1) is 13.5. The Kier molecular flexibility index (Phi) is 4.33. The van der Waals surface area contributed by atoms with Gasteiger partial charge in [0, 0.05) is 21.6 Å². The van der Waals surface area contributed by atoms with Gasteiger partial charge in [-0.1, -0.05) is 42.7 Å². The first-order valence-corrected chi connectivity index (χ1v) is 7.87. The zero-order valence-electron chi connectivity index (χ0n) is 11.0. The van der Waals surface area contributed by atoms with E-state index >= 15 is 0 Å². The molecule has 2 atom stereocenters. The Hall–Kier alpha value is -0.960. The van der Waals surface area contributed by atoms with Crippen molar-refractivity contribution in [1.29, 1.82) is 0 Å². The highest BCUT2D eigenvalue weighted by atomic mass is 32.2. The van der Waals surface area contributed by atoms with E-state index in [1.807, 2.05) is 31.2 Å². The predicted octanol–water partition coefficient (Wildman–Crippen LogP) is 3.26. The minimum Gasteiger partial charge on any atom is -0.293 e. The first-order valence-electron chi connectivity index (χ1n) is 6.60. The molecule has 0 radical (unpaired) electrons. The Morgan fingerprint density at radius 3 is 2.33 bits per heavy atom. The van der Waals surface area contributed by atoms with E-state index in [1.165, 1.54) is 0 Å². The van der Waals surface area contributed by atoms with Crippen LogP contribution in [0.5, 0.6) is 0 Å². The van der Waals surface area contributed by atoms with Crippen LogP contribution in [-0.2, 0) is 10.8 Å². The summed E-state index contributed by atoms with van der Waals surface area (Å²) in [7, 11) is -1.03. The van der Waals surface area contributed by atoms with Gasteiger partial charge in [-0.25, -0.2) is 0 Å². The van der Waals surface area contributed by atoms with Crippen molar-refractivity contribution >= 4 is 16.6 Å². The Balaban J connectivity index is 2.08. The van der Waals surface area contributed by atoms with Gasteiger partial charge in [-0.15, -0.1) is 0 Å². The molecule has 0 aromatic heterocycles. The van der Waals surface area contributed by atoms with Gasteiger partial charge in [0.2, 0.25) is 0 Å². The zero-order chi connectivity index (χ0) is 13.1. The third-order valence-electron chi connectivity index (χ3n) is 3.68. The summed E-state index contributed by atoms with van der Waals surface area (Å²) in [6, 6.07) is 7.52. The molecule has 1 aromatic rings. The lowest BCUT2D eigenvalue weighted by Gasteiger charge is -2.15. The van der Waals surface area contributed by atoms with Crippen molar-refractivity contribution in [3.63, 3.8) is 0 Å². The van der Waals surface area contributed by atoms with Gasteiger partial charge in [0.15, 0.2) is 5.78 Å². The van der Waals surface area contributed by atoms with Crippen LogP contribution in [0.4, 0.5) is 0 Å². The topological polar surface area (TPSA) is 34.1 Å². The number of hydrogen-bond donors (Lipinski definition) is 0. The number of aryl methyl sites for hydroxylation is 1. The molecule has 98 valence electrons. The lowest BCUT2D eigenvalue weighted by atomic mass is 10.1. The number of ketones is 1. The highest BCUT2D eigenvalue weighted by Gasteiger charge is 2.29. The molecule has 1 aliphatic rings. The smallest absolute Gasteiger partial charge is 0.178 e. The van der Waals surface area contributed by atoms with E-state index in [-0.39, 0.29) is 16.3 Å². The number of hydrogen-bond acceptors (Lipinski definition) is 2. The van der Waals surface area contributed by atoms with Gasteiger partial charge in [0.25, 0.3) is 0 Å². The molecule has 2 nitrogen and oxygen atoms in total. The average molecular weight is 264 g/mol.